The van der Waals surface area contributed by atoms with Gasteiger partial charge in [0.2, 0.25) is 5.91 Å². The standard InChI is InChI=1S/C16H17ClN2O4S2/c17-14-5-6-16(24-14)25(21,22)18-13-3-1-12(2-4-13)11-15(20)19-7-9-23-10-8-19/h1-6,18H,7-11H2. The summed E-state index contributed by atoms with van der Waals surface area (Å²) in [7, 11) is -3.65. The molecule has 1 saturated heterocycles. The number of hydrogen-bond donors (Lipinski definition) is 1. The zero-order valence-electron chi connectivity index (χ0n) is 13.3. The van der Waals surface area contributed by atoms with Crippen molar-refractivity contribution in [2.45, 2.75) is 10.6 Å². The summed E-state index contributed by atoms with van der Waals surface area (Å²) in [6.07, 6.45) is 0.285. The van der Waals surface area contributed by atoms with Gasteiger partial charge in [0.05, 0.1) is 24.0 Å². The minimum atomic E-state index is -3.65. The van der Waals surface area contributed by atoms with Crippen LogP contribution in [0.4, 0.5) is 5.69 Å². The first-order valence-corrected chi connectivity index (χ1v) is 10.3. The second-order valence-electron chi connectivity index (χ2n) is 5.53. The summed E-state index contributed by atoms with van der Waals surface area (Å²) in [4.78, 5) is 14.0. The van der Waals surface area contributed by atoms with Gasteiger partial charge >= 0.3 is 0 Å². The molecular formula is C16H17ClN2O4S2. The third kappa shape index (κ3) is 4.72. The molecule has 25 heavy (non-hydrogen) atoms. The number of anilines is 1. The van der Waals surface area contributed by atoms with Crippen molar-refractivity contribution in [1.82, 2.24) is 4.90 Å². The van der Waals surface area contributed by atoms with Crippen molar-refractivity contribution in [3.05, 3.63) is 46.3 Å². The predicted molar refractivity (Wildman–Crippen MR) is 97.7 cm³/mol. The number of nitrogens with zero attached hydrogens (tertiary/aromatic N) is 1. The Hall–Kier alpha value is -1.61. The quantitative estimate of drug-likeness (QED) is 0.837. The smallest absolute Gasteiger partial charge is 0.271 e. The van der Waals surface area contributed by atoms with E-state index in [1.165, 1.54) is 6.07 Å². The topological polar surface area (TPSA) is 75.7 Å². The molecule has 1 aliphatic rings. The van der Waals surface area contributed by atoms with Crippen LogP contribution in [0, 0.1) is 0 Å². The van der Waals surface area contributed by atoms with Crippen LogP contribution in [-0.4, -0.2) is 45.5 Å². The van der Waals surface area contributed by atoms with Gasteiger partial charge in [-0.25, -0.2) is 8.42 Å². The van der Waals surface area contributed by atoms with Gasteiger partial charge in [-0.05, 0) is 29.8 Å². The Kier molecular flexibility index (Phi) is 5.63. The molecule has 0 bridgehead atoms. The van der Waals surface area contributed by atoms with Crippen LogP contribution >= 0.6 is 22.9 Å². The van der Waals surface area contributed by atoms with E-state index in [4.69, 9.17) is 16.3 Å². The number of benzene rings is 1. The minimum Gasteiger partial charge on any atom is -0.378 e. The molecule has 1 fully saturated rings. The molecule has 3 rings (SSSR count). The molecule has 0 atom stereocenters. The van der Waals surface area contributed by atoms with Crippen molar-refractivity contribution in [2.24, 2.45) is 0 Å². The highest BCUT2D eigenvalue weighted by molar-refractivity contribution is 7.94. The average molecular weight is 401 g/mol. The van der Waals surface area contributed by atoms with Gasteiger partial charge in [-0.1, -0.05) is 23.7 Å². The lowest BCUT2D eigenvalue weighted by Crippen LogP contribution is -2.41. The second kappa shape index (κ2) is 7.74. The van der Waals surface area contributed by atoms with E-state index in [0.29, 0.717) is 36.3 Å². The highest BCUT2D eigenvalue weighted by Crippen LogP contribution is 2.27. The number of carbonyl (C=O) groups excluding carboxylic acids is 1. The molecule has 0 saturated carbocycles. The van der Waals surface area contributed by atoms with Gasteiger partial charge in [-0.15, -0.1) is 11.3 Å². The van der Waals surface area contributed by atoms with E-state index in [1.54, 1.807) is 35.2 Å². The molecular weight excluding hydrogens is 384 g/mol. The Bertz CT molecular complexity index is 843. The van der Waals surface area contributed by atoms with Crippen LogP contribution in [-0.2, 0) is 26.0 Å². The summed E-state index contributed by atoms with van der Waals surface area (Å²) in [5, 5.41) is 0. The number of rotatable bonds is 5. The number of halogens is 1. The zero-order chi connectivity index (χ0) is 17.9. The first-order chi connectivity index (χ1) is 11.9. The van der Waals surface area contributed by atoms with Crippen LogP contribution in [0.2, 0.25) is 4.34 Å². The van der Waals surface area contributed by atoms with Crippen molar-refractivity contribution < 1.29 is 17.9 Å². The number of morpholine rings is 1. The molecule has 134 valence electrons. The molecule has 0 radical (unpaired) electrons. The summed E-state index contributed by atoms with van der Waals surface area (Å²) in [6.45, 7) is 2.36. The number of thiophene rings is 1. The Morgan fingerprint density at radius 1 is 1.16 bits per heavy atom. The lowest BCUT2D eigenvalue weighted by molar-refractivity contribution is -0.134. The summed E-state index contributed by atoms with van der Waals surface area (Å²) in [6, 6.07) is 9.80. The Balaban J connectivity index is 1.63. The molecule has 0 spiro atoms. The van der Waals surface area contributed by atoms with Crippen molar-refractivity contribution in [1.29, 1.82) is 0 Å². The molecule has 1 aromatic carbocycles. The molecule has 2 heterocycles. The summed E-state index contributed by atoms with van der Waals surface area (Å²) in [5.74, 6) is 0.0462. The summed E-state index contributed by atoms with van der Waals surface area (Å²) in [5.41, 5.74) is 1.27. The van der Waals surface area contributed by atoms with Crippen LogP contribution < -0.4 is 4.72 Å². The molecule has 6 nitrogen and oxygen atoms in total. The monoisotopic (exact) mass is 400 g/mol. The average Bonchev–Trinajstić information content (AvgIpc) is 3.05. The summed E-state index contributed by atoms with van der Waals surface area (Å²) >= 11 is 6.78. The highest BCUT2D eigenvalue weighted by Gasteiger charge is 2.18. The Morgan fingerprint density at radius 3 is 2.44 bits per heavy atom. The maximum atomic E-state index is 12.3. The molecule has 1 N–H and O–H groups in total. The maximum absolute atomic E-state index is 12.3. The normalized spacial score (nSPS) is 15.2. The summed E-state index contributed by atoms with van der Waals surface area (Å²) < 4.78 is 32.8. The fourth-order valence-corrected chi connectivity index (χ4v) is 4.98. The Labute approximate surface area is 155 Å². The van der Waals surface area contributed by atoms with Gasteiger partial charge in [0, 0.05) is 18.8 Å². The molecule has 0 unspecified atom stereocenters. The first kappa shape index (κ1) is 18.2. The fourth-order valence-electron chi connectivity index (χ4n) is 2.44. The van der Waals surface area contributed by atoms with E-state index in [9.17, 15) is 13.2 Å². The zero-order valence-corrected chi connectivity index (χ0v) is 15.7. The van der Waals surface area contributed by atoms with Gasteiger partial charge in [-0.3, -0.25) is 9.52 Å². The number of sulfonamides is 1. The number of nitrogens with one attached hydrogen (secondary N) is 1. The van der Waals surface area contributed by atoms with E-state index >= 15 is 0 Å². The third-order valence-corrected chi connectivity index (χ3v) is 6.84. The minimum absolute atomic E-state index is 0.0462. The van der Waals surface area contributed by atoms with Gasteiger partial charge in [-0.2, -0.15) is 0 Å². The van der Waals surface area contributed by atoms with Crippen LogP contribution in [0.3, 0.4) is 0 Å². The van der Waals surface area contributed by atoms with Crippen molar-refractivity contribution in [3.8, 4) is 0 Å². The number of ether oxygens (including phenoxy) is 1. The van der Waals surface area contributed by atoms with E-state index in [0.717, 1.165) is 16.9 Å². The molecule has 1 aliphatic heterocycles. The van der Waals surface area contributed by atoms with Crippen LogP contribution in [0.25, 0.3) is 0 Å². The number of hydrogen-bond acceptors (Lipinski definition) is 5. The van der Waals surface area contributed by atoms with Gasteiger partial charge in [0.15, 0.2) is 0 Å². The lowest BCUT2D eigenvalue weighted by Gasteiger charge is -2.26. The van der Waals surface area contributed by atoms with E-state index < -0.39 is 10.0 Å². The SMILES string of the molecule is O=C(Cc1ccc(NS(=O)(=O)c2ccc(Cl)s2)cc1)N1CCOCC1. The highest BCUT2D eigenvalue weighted by atomic mass is 35.5. The van der Waals surface area contributed by atoms with Gasteiger partial charge in [0.25, 0.3) is 10.0 Å². The molecule has 1 aromatic heterocycles. The van der Waals surface area contributed by atoms with Crippen molar-refractivity contribution >= 4 is 44.6 Å². The maximum Gasteiger partial charge on any atom is 0.271 e. The van der Waals surface area contributed by atoms with E-state index in [2.05, 4.69) is 4.72 Å². The van der Waals surface area contributed by atoms with Gasteiger partial charge < -0.3 is 9.64 Å². The van der Waals surface area contributed by atoms with Crippen LogP contribution in [0.15, 0.2) is 40.6 Å². The Morgan fingerprint density at radius 2 is 1.84 bits per heavy atom. The number of amides is 1. The third-order valence-electron chi connectivity index (χ3n) is 3.74. The first-order valence-electron chi connectivity index (χ1n) is 7.67. The van der Waals surface area contributed by atoms with Crippen molar-refractivity contribution in [3.63, 3.8) is 0 Å². The van der Waals surface area contributed by atoms with E-state index in [1.807, 2.05) is 0 Å². The fraction of sp³-hybridized carbons (Fsp3) is 0.312. The van der Waals surface area contributed by atoms with E-state index in [-0.39, 0.29) is 16.5 Å². The molecule has 1 amide bonds. The number of carbonyl (C=O) groups is 1. The van der Waals surface area contributed by atoms with Crippen LogP contribution in [0.1, 0.15) is 5.56 Å². The lowest BCUT2D eigenvalue weighted by atomic mass is 10.1. The molecule has 2 aromatic rings. The van der Waals surface area contributed by atoms with Crippen LogP contribution in [0.5, 0.6) is 0 Å². The van der Waals surface area contributed by atoms with Gasteiger partial charge in [0.1, 0.15) is 4.21 Å². The van der Waals surface area contributed by atoms with Crippen molar-refractivity contribution in [2.75, 3.05) is 31.0 Å². The molecule has 9 heteroatoms. The predicted octanol–water partition coefficient (Wildman–Crippen LogP) is 2.60. The molecule has 0 aliphatic carbocycles. The largest absolute Gasteiger partial charge is 0.378 e. The second-order valence-corrected chi connectivity index (χ2v) is 9.16.